The third-order valence-electron chi connectivity index (χ3n) is 4.90. The molecule has 0 spiro atoms. The Labute approximate surface area is 188 Å². The number of anilines is 1. The number of para-hydroxylation sites is 1. The van der Waals surface area contributed by atoms with Gasteiger partial charge in [0.05, 0.1) is 35.0 Å². The van der Waals surface area contributed by atoms with E-state index in [0.717, 1.165) is 5.56 Å². The van der Waals surface area contributed by atoms with Gasteiger partial charge in [0.25, 0.3) is 5.91 Å². The lowest BCUT2D eigenvalue weighted by atomic mass is 10.1. The Bertz CT molecular complexity index is 1330. The van der Waals surface area contributed by atoms with Crippen LogP contribution in [0, 0.1) is 0 Å². The number of hydrogen-bond donors (Lipinski definition) is 2. The monoisotopic (exact) mass is 444 g/mol. The Kier molecular flexibility index (Phi) is 6.12. The fraction of sp³-hybridized carbons (Fsp3) is 0.125. The van der Waals surface area contributed by atoms with Crippen LogP contribution in [0.2, 0.25) is 0 Å². The first-order valence-electron chi connectivity index (χ1n) is 10.1. The Morgan fingerprint density at radius 1 is 1.03 bits per heavy atom. The molecule has 1 atom stereocenters. The average Bonchev–Trinajstić information content (AvgIpc) is 3.28. The summed E-state index contributed by atoms with van der Waals surface area (Å²) >= 11 is 0. The number of nitrogens with one attached hydrogen (secondary N) is 2. The minimum absolute atomic E-state index is 0.195. The van der Waals surface area contributed by atoms with Gasteiger partial charge in [-0.25, -0.2) is 14.6 Å². The summed E-state index contributed by atoms with van der Waals surface area (Å²) in [5.41, 5.74) is 2.86. The van der Waals surface area contributed by atoms with E-state index in [2.05, 4.69) is 20.3 Å². The highest BCUT2D eigenvalue weighted by Crippen LogP contribution is 2.21. The standard InChI is InChI=1S/C24H20N4O5/c1-14(22(29)28-18-8-4-3-7-17(18)24(31)32-2)33-23(30)15-9-10-19-20(12-15)27-21(26-19)16-6-5-11-25-13-16/h3-14H,1-2H3,(H,26,27)(H,28,29). The molecule has 0 aliphatic rings. The van der Waals surface area contributed by atoms with Crippen molar-refractivity contribution in [3.8, 4) is 11.4 Å². The van der Waals surface area contributed by atoms with E-state index in [0.29, 0.717) is 16.9 Å². The molecule has 4 rings (SSSR count). The number of carbonyl (C=O) groups is 3. The molecule has 4 aromatic rings. The fourth-order valence-corrected chi connectivity index (χ4v) is 3.17. The molecule has 2 heterocycles. The van der Waals surface area contributed by atoms with E-state index in [1.807, 2.05) is 6.07 Å². The molecule has 9 heteroatoms. The van der Waals surface area contributed by atoms with Crippen LogP contribution >= 0.6 is 0 Å². The number of H-pyrrole nitrogens is 1. The second kappa shape index (κ2) is 9.31. The van der Waals surface area contributed by atoms with Crippen molar-refractivity contribution in [1.29, 1.82) is 0 Å². The van der Waals surface area contributed by atoms with E-state index in [9.17, 15) is 14.4 Å². The first-order chi connectivity index (χ1) is 16.0. The number of carbonyl (C=O) groups excluding carboxylic acids is 3. The normalized spacial score (nSPS) is 11.6. The number of nitrogens with zero attached hydrogens (tertiary/aromatic N) is 2. The van der Waals surface area contributed by atoms with Crippen LogP contribution in [0.25, 0.3) is 22.4 Å². The second-order valence-corrected chi connectivity index (χ2v) is 7.13. The minimum Gasteiger partial charge on any atom is -0.465 e. The number of esters is 2. The van der Waals surface area contributed by atoms with Crippen molar-refractivity contribution in [3.63, 3.8) is 0 Å². The van der Waals surface area contributed by atoms with Crippen LogP contribution in [0.5, 0.6) is 0 Å². The predicted molar refractivity (Wildman–Crippen MR) is 121 cm³/mol. The molecule has 0 radical (unpaired) electrons. The molecule has 0 bridgehead atoms. The number of fused-ring (bicyclic) bond motifs is 1. The van der Waals surface area contributed by atoms with Crippen molar-refractivity contribution in [2.75, 3.05) is 12.4 Å². The van der Waals surface area contributed by atoms with Gasteiger partial charge in [0.15, 0.2) is 6.10 Å². The van der Waals surface area contributed by atoms with Gasteiger partial charge in [-0.2, -0.15) is 0 Å². The van der Waals surface area contributed by atoms with Crippen LogP contribution in [0.4, 0.5) is 5.69 Å². The van der Waals surface area contributed by atoms with Gasteiger partial charge < -0.3 is 19.8 Å². The maximum atomic E-state index is 12.6. The molecule has 33 heavy (non-hydrogen) atoms. The lowest BCUT2D eigenvalue weighted by molar-refractivity contribution is -0.123. The Balaban J connectivity index is 1.46. The molecule has 2 aromatic heterocycles. The van der Waals surface area contributed by atoms with Gasteiger partial charge in [0.1, 0.15) is 5.82 Å². The van der Waals surface area contributed by atoms with Gasteiger partial charge in [0, 0.05) is 18.0 Å². The topological polar surface area (TPSA) is 123 Å². The van der Waals surface area contributed by atoms with Gasteiger partial charge in [-0.3, -0.25) is 9.78 Å². The molecule has 1 amide bonds. The van der Waals surface area contributed by atoms with E-state index in [1.165, 1.54) is 20.1 Å². The van der Waals surface area contributed by atoms with E-state index < -0.39 is 23.9 Å². The lowest BCUT2D eigenvalue weighted by Crippen LogP contribution is -2.30. The summed E-state index contributed by atoms with van der Waals surface area (Å²) < 4.78 is 10.0. The Hall–Kier alpha value is -4.53. The zero-order chi connectivity index (χ0) is 23.4. The molecular formula is C24H20N4O5. The van der Waals surface area contributed by atoms with Gasteiger partial charge in [-0.15, -0.1) is 0 Å². The van der Waals surface area contributed by atoms with Crippen molar-refractivity contribution in [1.82, 2.24) is 15.0 Å². The number of pyridine rings is 1. The van der Waals surface area contributed by atoms with Crippen LogP contribution in [-0.4, -0.2) is 46.0 Å². The predicted octanol–water partition coefficient (Wildman–Crippen LogP) is 3.60. The summed E-state index contributed by atoms with van der Waals surface area (Å²) in [5, 5.41) is 2.59. The van der Waals surface area contributed by atoms with Crippen molar-refractivity contribution >= 4 is 34.6 Å². The third kappa shape index (κ3) is 4.72. The van der Waals surface area contributed by atoms with E-state index in [4.69, 9.17) is 9.47 Å². The third-order valence-corrected chi connectivity index (χ3v) is 4.90. The number of aromatic amines is 1. The minimum atomic E-state index is -1.10. The number of ether oxygens (including phenoxy) is 2. The summed E-state index contributed by atoms with van der Waals surface area (Å²) in [6.07, 6.45) is 2.25. The number of imidazole rings is 1. The first-order valence-corrected chi connectivity index (χ1v) is 10.1. The summed E-state index contributed by atoms with van der Waals surface area (Å²) in [4.78, 5) is 48.8. The van der Waals surface area contributed by atoms with Gasteiger partial charge in [-0.1, -0.05) is 12.1 Å². The molecule has 0 saturated heterocycles. The number of amides is 1. The van der Waals surface area contributed by atoms with Crippen molar-refractivity contribution < 1.29 is 23.9 Å². The van der Waals surface area contributed by atoms with Gasteiger partial charge in [0.2, 0.25) is 0 Å². The maximum Gasteiger partial charge on any atom is 0.339 e. The highest BCUT2D eigenvalue weighted by molar-refractivity contribution is 6.03. The SMILES string of the molecule is COC(=O)c1ccccc1NC(=O)C(C)OC(=O)c1ccc2nc(-c3cccnc3)[nH]c2c1. The number of benzene rings is 2. The summed E-state index contributed by atoms with van der Waals surface area (Å²) in [6, 6.07) is 15.0. The molecular weight excluding hydrogens is 424 g/mol. The smallest absolute Gasteiger partial charge is 0.339 e. The van der Waals surface area contributed by atoms with Gasteiger partial charge >= 0.3 is 11.9 Å². The van der Waals surface area contributed by atoms with E-state index in [1.54, 1.807) is 54.9 Å². The highest BCUT2D eigenvalue weighted by Gasteiger charge is 2.22. The number of rotatable bonds is 6. The van der Waals surface area contributed by atoms with Gasteiger partial charge in [-0.05, 0) is 49.4 Å². The average molecular weight is 444 g/mol. The van der Waals surface area contributed by atoms with Crippen LogP contribution < -0.4 is 5.32 Å². The van der Waals surface area contributed by atoms with Crippen LogP contribution in [0.15, 0.2) is 67.0 Å². The van der Waals surface area contributed by atoms with Crippen molar-refractivity contribution in [2.24, 2.45) is 0 Å². The Morgan fingerprint density at radius 2 is 1.85 bits per heavy atom. The summed E-state index contributed by atoms with van der Waals surface area (Å²) in [7, 11) is 1.25. The molecule has 1 unspecified atom stereocenters. The molecule has 0 aliphatic carbocycles. The van der Waals surface area contributed by atoms with Crippen molar-refractivity contribution in [2.45, 2.75) is 13.0 Å². The van der Waals surface area contributed by atoms with E-state index in [-0.39, 0.29) is 16.8 Å². The quantitative estimate of drug-likeness (QED) is 0.436. The zero-order valence-corrected chi connectivity index (χ0v) is 17.9. The number of methoxy groups -OCH3 is 1. The van der Waals surface area contributed by atoms with Crippen LogP contribution in [-0.2, 0) is 14.3 Å². The Morgan fingerprint density at radius 3 is 2.61 bits per heavy atom. The number of hydrogen-bond acceptors (Lipinski definition) is 7. The molecule has 2 aromatic carbocycles. The number of aromatic nitrogens is 3. The molecule has 0 fully saturated rings. The largest absolute Gasteiger partial charge is 0.465 e. The molecule has 0 saturated carbocycles. The summed E-state index contributed by atoms with van der Waals surface area (Å²) in [6.45, 7) is 1.45. The molecule has 9 nitrogen and oxygen atoms in total. The second-order valence-electron chi connectivity index (χ2n) is 7.13. The molecule has 2 N–H and O–H groups in total. The lowest BCUT2D eigenvalue weighted by Gasteiger charge is -2.15. The zero-order valence-electron chi connectivity index (χ0n) is 17.9. The maximum absolute atomic E-state index is 12.6. The van der Waals surface area contributed by atoms with Crippen LogP contribution in [0.1, 0.15) is 27.6 Å². The van der Waals surface area contributed by atoms with Crippen molar-refractivity contribution in [3.05, 3.63) is 78.1 Å². The first kappa shape index (κ1) is 21.7. The summed E-state index contributed by atoms with van der Waals surface area (Å²) in [5.74, 6) is -1.21. The molecule has 166 valence electrons. The molecule has 0 aliphatic heterocycles. The van der Waals surface area contributed by atoms with E-state index >= 15 is 0 Å². The van der Waals surface area contributed by atoms with Crippen LogP contribution in [0.3, 0.4) is 0 Å². The highest BCUT2D eigenvalue weighted by atomic mass is 16.5. The fourth-order valence-electron chi connectivity index (χ4n) is 3.17.